The molecule has 14 heavy (non-hydrogen) atoms. The summed E-state index contributed by atoms with van der Waals surface area (Å²) in [5, 5.41) is 3.69. The minimum atomic E-state index is 0.529. The van der Waals surface area contributed by atoms with E-state index in [1.807, 2.05) is 19.1 Å². The minimum absolute atomic E-state index is 0.529. The molecule has 2 nitrogen and oxygen atoms in total. The highest BCUT2D eigenvalue weighted by atomic mass is 16.6. The van der Waals surface area contributed by atoms with E-state index in [4.69, 9.17) is 4.84 Å². The zero-order valence-electron chi connectivity index (χ0n) is 8.79. The van der Waals surface area contributed by atoms with Gasteiger partial charge in [0.05, 0.1) is 0 Å². The van der Waals surface area contributed by atoms with Gasteiger partial charge < -0.3 is 4.84 Å². The first-order valence-corrected chi connectivity index (χ1v) is 4.99. The summed E-state index contributed by atoms with van der Waals surface area (Å²) in [6.45, 7) is 4.65. The second kappa shape index (κ2) is 6.19. The van der Waals surface area contributed by atoms with Crippen LogP contribution in [0.1, 0.15) is 31.4 Å². The maximum Gasteiger partial charge on any atom is 0.142 e. The molecular weight excluding hydrogens is 174 g/mol. The van der Waals surface area contributed by atoms with Crippen molar-refractivity contribution >= 4 is 6.21 Å². The summed E-state index contributed by atoms with van der Waals surface area (Å²) in [4.78, 5) is 5.07. The van der Waals surface area contributed by atoms with Crippen molar-refractivity contribution in [3.8, 4) is 0 Å². The summed E-state index contributed by atoms with van der Waals surface area (Å²) in [6.07, 6.45) is 4.59. The molecule has 0 spiro atoms. The van der Waals surface area contributed by atoms with Gasteiger partial charge >= 0.3 is 0 Å². The quantitative estimate of drug-likeness (QED) is 0.516. The molecule has 1 aromatic rings. The van der Waals surface area contributed by atoms with Gasteiger partial charge in [-0.15, -0.1) is 0 Å². The van der Waals surface area contributed by atoms with Crippen LogP contribution in [0.2, 0.25) is 0 Å². The Labute approximate surface area is 85.6 Å². The van der Waals surface area contributed by atoms with E-state index in [9.17, 15) is 0 Å². The standard InChI is InChI=1S/C12H16NO/c1-3-8-13-14-10-12-7-5-6-11(4-2)9-12/h5-7,9H,3-4,10H2,1-2H3. The molecule has 0 aromatic heterocycles. The third-order valence-electron chi connectivity index (χ3n) is 1.92. The molecule has 0 saturated heterocycles. The Kier molecular flexibility index (Phi) is 4.76. The first-order chi connectivity index (χ1) is 6.86. The molecule has 0 heterocycles. The number of rotatable bonds is 5. The van der Waals surface area contributed by atoms with Gasteiger partial charge in [0.1, 0.15) is 12.8 Å². The van der Waals surface area contributed by atoms with E-state index in [-0.39, 0.29) is 0 Å². The zero-order valence-corrected chi connectivity index (χ0v) is 8.79. The van der Waals surface area contributed by atoms with E-state index >= 15 is 0 Å². The predicted octanol–water partition coefficient (Wildman–Crippen LogP) is 3.04. The summed E-state index contributed by atoms with van der Waals surface area (Å²) in [5.41, 5.74) is 2.49. The predicted molar refractivity (Wildman–Crippen MR) is 58.3 cm³/mol. The lowest BCUT2D eigenvalue weighted by molar-refractivity contribution is 0.131. The Bertz CT molecular complexity index is 294. The molecular formula is C12H16NO. The Hall–Kier alpha value is -1.31. The minimum Gasteiger partial charge on any atom is -0.391 e. The Balaban J connectivity index is 2.46. The fourth-order valence-electron chi connectivity index (χ4n) is 1.16. The van der Waals surface area contributed by atoms with Crippen molar-refractivity contribution in [2.24, 2.45) is 5.16 Å². The highest BCUT2D eigenvalue weighted by molar-refractivity contribution is 5.55. The fraction of sp³-hybridized carbons (Fsp3) is 0.417. The molecule has 0 amide bonds. The van der Waals surface area contributed by atoms with Gasteiger partial charge in [-0.1, -0.05) is 43.3 Å². The van der Waals surface area contributed by atoms with Crippen LogP contribution in [0.3, 0.4) is 0 Å². The highest BCUT2D eigenvalue weighted by Crippen LogP contribution is 2.07. The van der Waals surface area contributed by atoms with Gasteiger partial charge in [-0.05, 0) is 24.0 Å². The molecule has 0 bridgehead atoms. The van der Waals surface area contributed by atoms with Gasteiger partial charge in [0.2, 0.25) is 0 Å². The molecule has 0 fully saturated rings. The van der Waals surface area contributed by atoms with Crippen LogP contribution in [0.4, 0.5) is 0 Å². The maximum absolute atomic E-state index is 5.07. The van der Waals surface area contributed by atoms with Gasteiger partial charge in [0.15, 0.2) is 0 Å². The monoisotopic (exact) mass is 190 g/mol. The van der Waals surface area contributed by atoms with Crippen molar-refractivity contribution in [1.29, 1.82) is 0 Å². The summed E-state index contributed by atoms with van der Waals surface area (Å²) in [5.74, 6) is 0. The first-order valence-electron chi connectivity index (χ1n) is 4.99. The second-order valence-corrected chi connectivity index (χ2v) is 3.05. The van der Waals surface area contributed by atoms with Gasteiger partial charge in [0, 0.05) is 0 Å². The van der Waals surface area contributed by atoms with Crippen LogP contribution < -0.4 is 0 Å². The molecule has 0 atom stereocenters. The smallest absolute Gasteiger partial charge is 0.142 e. The van der Waals surface area contributed by atoms with Gasteiger partial charge in [-0.2, -0.15) is 0 Å². The van der Waals surface area contributed by atoms with Crippen molar-refractivity contribution in [2.75, 3.05) is 0 Å². The van der Waals surface area contributed by atoms with Gasteiger partial charge in [-0.25, -0.2) is 0 Å². The number of nitrogens with zero attached hydrogens (tertiary/aromatic N) is 1. The lowest BCUT2D eigenvalue weighted by Gasteiger charge is -2.01. The molecule has 0 aliphatic carbocycles. The Morgan fingerprint density at radius 3 is 2.79 bits per heavy atom. The summed E-state index contributed by atoms with van der Waals surface area (Å²) < 4.78 is 0. The van der Waals surface area contributed by atoms with Crippen molar-refractivity contribution < 1.29 is 4.84 Å². The van der Waals surface area contributed by atoms with E-state index < -0.39 is 0 Å². The van der Waals surface area contributed by atoms with Crippen molar-refractivity contribution in [2.45, 2.75) is 33.3 Å². The normalized spacial score (nSPS) is 10.7. The number of aryl methyl sites for hydroxylation is 1. The van der Waals surface area contributed by atoms with E-state index in [1.54, 1.807) is 0 Å². The third-order valence-corrected chi connectivity index (χ3v) is 1.92. The summed E-state index contributed by atoms with van der Waals surface area (Å²) in [7, 11) is 0. The summed E-state index contributed by atoms with van der Waals surface area (Å²) >= 11 is 0. The third kappa shape index (κ3) is 3.60. The number of benzene rings is 1. The van der Waals surface area contributed by atoms with Crippen molar-refractivity contribution in [1.82, 2.24) is 0 Å². The zero-order chi connectivity index (χ0) is 10.2. The number of hydrogen-bond donors (Lipinski definition) is 0. The second-order valence-electron chi connectivity index (χ2n) is 3.05. The average molecular weight is 190 g/mol. The van der Waals surface area contributed by atoms with Crippen LogP contribution in [0.25, 0.3) is 0 Å². The Morgan fingerprint density at radius 1 is 1.29 bits per heavy atom. The lowest BCUT2D eigenvalue weighted by atomic mass is 10.1. The molecule has 1 aromatic carbocycles. The van der Waals surface area contributed by atoms with Gasteiger partial charge in [0.25, 0.3) is 0 Å². The molecule has 0 saturated carbocycles. The molecule has 1 rings (SSSR count). The first kappa shape index (κ1) is 10.8. The molecule has 0 unspecified atom stereocenters. The molecule has 1 radical (unpaired) electrons. The van der Waals surface area contributed by atoms with E-state index in [2.05, 4.69) is 30.4 Å². The van der Waals surface area contributed by atoms with Crippen LogP contribution in [-0.4, -0.2) is 6.21 Å². The van der Waals surface area contributed by atoms with Crippen LogP contribution in [0.15, 0.2) is 29.4 Å². The van der Waals surface area contributed by atoms with E-state index in [1.165, 1.54) is 5.56 Å². The van der Waals surface area contributed by atoms with Crippen LogP contribution >= 0.6 is 0 Å². The van der Waals surface area contributed by atoms with Crippen LogP contribution in [-0.2, 0) is 17.9 Å². The summed E-state index contributed by atoms with van der Waals surface area (Å²) in [6, 6.07) is 8.35. The SMILES string of the molecule is CC/[C]=N\OCc1cccc(CC)c1. The van der Waals surface area contributed by atoms with Crippen molar-refractivity contribution in [3.05, 3.63) is 35.4 Å². The Morgan fingerprint density at radius 2 is 2.07 bits per heavy atom. The largest absolute Gasteiger partial charge is 0.391 e. The van der Waals surface area contributed by atoms with Crippen molar-refractivity contribution in [3.63, 3.8) is 0 Å². The van der Waals surface area contributed by atoms with E-state index in [0.717, 1.165) is 18.4 Å². The molecule has 0 aliphatic heterocycles. The van der Waals surface area contributed by atoms with Gasteiger partial charge in [-0.3, -0.25) is 0 Å². The van der Waals surface area contributed by atoms with Crippen LogP contribution in [0.5, 0.6) is 0 Å². The van der Waals surface area contributed by atoms with E-state index in [0.29, 0.717) is 6.61 Å². The number of hydrogen-bond acceptors (Lipinski definition) is 2. The van der Waals surface area contributed by atoms with Crippen LogP contribution in [0, 0.1) is 0 Å². The molecule has 0 aliphatic rings. The molecule has 0 N–H and O–H groups in total. The lowest BCUT2D eigenvalue weighted by Crippen LogP contribution is -1.89. The topological polar surface area (TPSA) is 21.6 Å². The fourth-order valence-corrected chi connectivity index (χ4v) is 1.16. The molecule has 75 valence electrons. The average Bonchev–Trinajstić information content (AvgIpc) is 2.25. The molecule has 2 heteroatoms. The highest BCUT2D eigenvalue weighted by Gasteiger charge is 1.94. The maximum atomic E-state index is 5.07.